The predicted molar refractivity (Wildman–Crippen MR) is 75.6 cm³/mol. The summed E-state index contributed by atoms with van der Waals surface area (Å²) in [6.45, 7) is 4.86. The number of primary amides is 1. The van der Waals surface area contributed by atoms with Crippen LogP contribution in [0, 0.1) is 5.82 Å². The van der Waals surface area contributed by atoms with E-state index < -0.39 is 17.8 Å². The lowest BCUT2D eigenvalue weighted by atomic mass is 10.1. The molecule has 0 aliphatic carbocycles. The molecule has 110 valence electrons. The fourth-order valence-corrected chi connectivity index (χ4v) is 1.88. The molecule has 3 N–H and O–H groups in total. The molecule has 1 aromatic rings. The van der Waals surface area contributed by atoms with Crippen LogP contribution >= 0.6 is 0 Å². The zero-order valence-electron chi connectivity index (χ0n) is 11.7. The molecule has 0 aliphatic rings. The summed E-state index contributed by atoms with van der Waals surface area (Å²) in [6.07, 6.45) is -0.0481. The molecule has 0 heterocycles. The number of nitrogens with one attached hydrogen (secondary N) is 1. The van der Waals surface area contributed by atoms with E-state index in [4.69, 9.17) is 5.73 Å². The molecule has 5 nitrogen and oxygen atoms in total. The van der Waals surface area contributed by atoms with Crippen molar-refractivity contribution in [3.63, 3.8) is 0 Å². The zero-order valence-corrected chi connectivity index (χ0v) is 11.7. The van der Waals surface area contributed by atoms with Crippen LogP contribution in [0.25, 0.3) is 0 Å². The highest BCUT2D eigenvalue weighted by Gasteiger charge is 2.21. The van der Waals surface area contributed by atoms with E-state index in [9.17, 15) is 14.0 Å². The van der Waals surface area contributed by atoms with Crippen LogP contribution in [-0.4, -0.2) is 35.8 Å². The summed E-state index contributed by atoms with van der Waals surface area (Å²) in [5.74, 6) is -1.23. The number of benzene rings is 1. The molecule has 0 bridgehead atoms. The number of rotatable bonds is 7. The van der Waals surface area contributed by atoms with Crippen LogP contribution < -0.4 is 11.1 Å². The van der Waals surface area contributed by atoms with Gasteiger partial charge in [-0.25, -0.2) is 4.39 Å². The van der Waals surface area contributed by atoms with E-state index in [0.717, 1.165) is 0 Å². The van der Waals surface area contributed by atoms with E-state index in [1.165, 1.54) is 18.2 Å². The first-order valence-electron chi connectivity index (χ1n) is 6.57. The first-order valence-corrected chi connectivity index (χ1v) is 6.57. The molecule has 1 unspecified atom stereocenters. The van der Waals surface area contributed by atoms with E-state index in [-0.39, 0.29) is 12.3 Å². The van der Waals surface area contributed by atoms with Crippen molar-refractivity contribution in [2.45, 2.75) is 26.3 Å². The highest BCUT2D eigenvalue weighted by atomic mass is 19.1. The average molecular weight is 281 g/mol. The standard InChI is InChI=1S/C14H20FN3O2/c1-3-18(4-2)13(19)9-12(14(16)20)17-11-7-5-6-10(15)8-11/h5-8,12,17H,3-4,9H2,1-2H3,(H2,16,20). The summed E-state index contributed by atoms with van der Waals surface area (Å²) in [4.78, 5) is 25.0. The van der Waals surface area contributed by atoms with Gasteiger partial charge in [-0.1, -0.05) is 6.07 Å². The summed E-state index contributed by atoms with van der Waals surface area (Å²) in [6, 6.07) is 4.82. The normalized spacial score (nSPS) is 11.8. The summed E-state index contributed by atoms with van der Waals surface area (Å²) in [5, 5.41) is 2.79. The van der Waals surface area contributed by atoms with E-state index in [1.54, 1.807) is 11.0 Å². The van der Waals surface area contributed by atoms with E-state index in [0.29, 0.717) is 18.8 Å². The molecule has 1 rings (SSSR count). The Kier molecular flexibility index (Phi) is 5.96. The minimum absolute atomic E-state index is 0.0481. The molecule has 0 aliphatic heterocycles. The van der Waals surface area contributed by atoms with Crippen molar-refractivity contribution in [1.82, 2.24) is 4.90 Å². The van der Waals surface area contributed by atoms with Crippen molar-refractivity contribution in [2.24, 2.45) is 5.73 Å². The lowest BCUT2D eigenvalue weighted by Gasteiger charge is -2.22. The van der Waals surface area contributed by atoms with Crippen LogP contribution in [0.15, 0.2) is 24.3 Å². The van der Waals surface area contributed by atoms with E-state index >= 15 is 0 Å². The highest BCUT2D eigenvalue weighted by Crippen LogP contribution is 2.12. The molecular weight excluding hydrogens is 261 g/mol. The first kappa shape index (κ1) is 15.9. The van der Waals surface area contributed by atoms with Gasteiger partial charge < -0.3 is 16.0 Å². The molecule has 0 fully saturated rings. The Labute approximate surface area is 117 Å². The Bertz CT molecular complexity index is 475. The SMILES string of the molecule is CCN(CC)C(=O)CC(Nc1cccc(F)c1)C(N)=O. The lowest BCUT2D eigenvalue weighted by Crippen LogP contribution is -2.41. The number of nitrogens with two attached hydrogens (primary N) is 1. The number of amides is 2. The summed E-state index contributed by atoms with van der Waals surface area (Å²) < 4.78 is 13.1. The number of nitrogens with zero attached hydrogens (tertiary/aromatic N) is 1. The Balaban J connectivity index is 2.75. The van der Waals surface area contributed by atoms with Gasteiger partial charge in [0.15, 0.2) is 0 Å². The average Bonchev–Trinajstić information content (AvgIpc) is 2.39. The summed E-state index contributed by atoms with van der Waals surface area (Å²) in [7, 11) is 0. The number of hydrogen-bond donors (Lipinski definition) is 2. The molecule has 6 heteroatoms. The van der Waals surface area contributed by atoms with Gasteiger partial charge in [0, 0.05) is 18.8 Å². The molecule has 1 aromatic carbocycles. The molecule has 0 saturated heterocycles. The van der Waals surface area contributed by atoms with Crippen LogP contribution in [0.5, 0.6) is 0 Å². The minimum Gasteiger partial charge on any atom is -0.373 e. The Morgan fingerprint density at radius 2 is 2.00 bits per heavy atom. The van der Waals surface area contributed by atoms with Gasteiger partial charge in [0.1, 0.15) is 11.9 Å². The third-order valence-electron chi connectivity index (χ3n) is 3.00. The number of carbonyl (C=O) groups is 2. The van der Waals surface area contributed by atoms with Crippen molar-refractivity contribution in [2.75, 3.05) is 18.4 Å². The smallest absolute Gasteiger partial charge is 0.240 e. The lowest BCUT2D eigenvalue weighted by molar-refractivity contribution is -0.133. The number of anilines is 1. The Hall–Kier alpha value is -2.11. The summed E-state index contributed by atoms with van der Waals surface area (Å²) >= 11 is 0. The molecule has 20 heavy (non-hydrogen) atoms. The molecule has 1 atom stereocenters. The number of carbonyl (C=O) groups excluding carboxylic acids is 2. The third kappa shape index (κ3) is 4.53. The molecule has 0 saturated carbocycles. The van der Waals surface area contributed by atoms with Gasteiger partial charge in [0.2, 0.25) is 11.8 Å². The van der Waals surface area contributed by atoms with E-state index in [1.807, 2.05) is 13.8 Å². The molecule has 0 spiro atoms. The number of hydrogen-bond acceptors (Lipinski definition) is 3. The second kappa shape index (κ2) is 7.47. The van der Waals surface area contributed by atoms with Gasteiger partial charge >= 0.3 is 0 Å². The maximum atomic E-state index is 13.1. The molecule has 2 amide bonds. The van der Waals surface area contributed by atoms with Crippen molar-refractivity contribution < 1.29 is 14.0 Å². The van der Waals surface area contributed by atoms with Crippen molar-refractivity contribution in [1.29, 1.82) is 0 Å². The topological polar surface area (TPSA) is 75.4 Å². The zero-order chi connectivity index (χ0) is 15.1. The quantitative estimate of drug-likeness (QED) is 0.792. The highest BCUT2D eigenvalue weighted by molar-refractivity contribution is 5.89. The van der Waals surface area contributed by atoms with Crippen molar-refractivity contribution in [3.8, 4) is 0 Å². The van der Waals surface area contributed by atoms with Crippen LogP contribution in [0.3, 0.4) is 0 Å². The number of halogens is 1. The molecule has 0 radical (unpaired) electrons. The molecular formula is C14H20FN3O2. The van der Waals surface area contributed by atoms with Crippen LogP contribution in [0.2, 0.25) is 0 Å². The Morgan fingerprint density at radius 3 is 2.50 bits per heavy atom. The molecule has 0 aromatic heterocycles. The maximum absolute atomic E-state index is 13.1. The van der Waals surface area contributed by atoms with Gasteiger partial charge in [0.25, 0.3) is 0 Å². The fraction of sp³-hybridized carbons (Fsp3) is 0.429. The minimum atomic E-state index is -0.857. The van der Waals surface area contributed by atoms with E-state index in [2.05, 4.69) is 5.32 Å². The van der Waals surface area contributed by atoms with Crippen molar-refractivity contribution >= 4 is 17.5 Å². The van der Waals surface area contributed by atoms with Crippen molar-refractivity contribution in [3.05, 3.63) is 30.1 Å². The van der Waals surface area contributed by atoms with Crippen LogP contribution in [0.4, 0.5) is 10.1 Å². The van der Waals surface area contributed by atoms with Gasteiger partial charge in [0.05, 0.1) is 6.42 Å². The predicted octanol–water partition coefficient (Wildman–Crippen LogP) is 1.35. The van der Waals surface area contributed by atoms with Gasteiger partial charge in [-0.2, -0.15) is 0 Å². The summed E-state index contributed by atoms with van der Waals surface area (Å²) in [5.41, 5.74) is 5.71. The fourth-order valence-electron chi connectivity index (χ4n) is 1.88. The maximum Gasteiger partial charge on any atom is 0.240 e. The van der Waals surface area contributed by atoms with Gasteiger partial charge in [-0.05, 0) is 32.0 Å². The second-order valence-corrected chi connectivity index (χ2v) is 4.38. The largest absolute Gasteiger partial charge is 0.373 e. The van der Waals surface area contributed by atoms with Gasteiger partial charge in [-0.15, -0.1) is 0 Å². The first-order chi connectivity index (χ1) is 9.47. The monoisotopic (exact) mass is 281 g/mol. The second-order valence-electron chi connectivity index (χ2n) is 4.38. The Morgan fingerprint density at radius 1 is 1.35 bits per heavy atom. The van der Waals surface area contributed by atoms with Crippen LogP contribution in [0.1, 0.15) is 20.3 Å². The third-order valence-corrected chi connectivity index (χ3v) is 3.00. The van der Waals surface area contributed by atoms with Crippen LogP contribution in [-0.2, 0) is 9.59 Å². The van der Waals surface area contributed by atoms with Gasteiger partial charge in [-0.3, -0.25) is 9.59 Å².